The zero-order valence-corrected chi connectivity index (χ0v) is 20.4. The summed E-state index contributed by atoms with van der Waals surface area (Å²) in [4.78, 5) is 13.8. The highest BCUT2D eigenvalue weighted by Gasteiger charge is 2.28. The number of hydrogen-bond acceptors (Lipinski definition) is 4. The molecule has 168 valence electrons. The maximum Gasteiger partial charge on any atom is 0.264 e. The van der Waals surface area contributed by atoms with Crippen LogP contribution in [-0.4, -0.2) is 33.2 Å². The fourth-order valence-corrected chi connectivity index (χ4v) is 5.46. The third kappa shape index (κ3) is 6.42. The van der Waals surface area contributed by atoms with E-state index in [9.17, 15) is 13.2 Å². The lowest BCUT2D eigenvalue weighted by molar-refractivity contribution is -0.119. The Hall–Kier alpha value is -2.19. The van der Waals surface area contributed by atoms with E-state index in [0.29, 0.717) is 28.0 Å². The van der Waals surface area contributed by atoms with E-state index in [1.54, 1.807) is 36.9 Å². The van der Waals surface area contributed by atoms with Crippen LogP contribution in [0.5, 0.6) is 0 Å². The summed E-state index contributed by atoms with van der Waals surface area (Å²) in [6.45, 7) is 1.87. The van der Waals surface area contributed by atoms with Crippen LogP contribution in [0.2, 0.25) is 10.0 Å². The molecule has 9 heteroatoms. The lowest BCUT2D eigenvalue weighted by Crippen LogP contribution is -2.41. The summed E-state index contributed by atoms with van der Waals surface area (Å²) in [5, 5.41) is 3.90. The van der Waals surface area contributed by atoms with Crippen molar-refractivity contribution in [1.82, 2.24) is 5.32 Å². The Balaban J connectivity index is 1.71. The van der Waals surface area contributed by atoms with E-state index < -0.39 is 10.0 Å². The molecule has 1 N–H and O–H groups in total. The summed E-state index contributed by atoms with van der Waals surface area (Å²) < 4.78 is 27.9. The molecule has 3 aromatic rings. The second kappa shape index (κ2) is 11.1. The third-order valence-corrected chi connectivity index (χ3v) is 7.87. The number of nitrogens with one attached hydrogen (secondary N) is 1. The topological polar surface area (TPSA) is 66.5 Å². The molecule has 0 aromatic heterocycles. The molecule has 0 radical (unpaired) electrons. The Bertz CT molecular complexity index is 1170. The van der Waals surface area contributed by atoms with E-state index >= 15 is 0 Å². The monoisotopic (exact) mass is 508 g/mol. The minimum atomic E-state index is -3.97. The number of benzene rings is 3. The van der Waals surface area contributed by atoms with Gasteiger partial charge < -0.3 is 5.32 Å². The van der Waals surface area contributed by atoms with Gasteiger partial charge in [-0.05, 0) is 67.1 Å². The highest BCUT2D eigenvalue weighted by Crippen LogP contribution is 2.27. The lowest BCUT2D eigenvalue weighted by Gasteiger charge is -2.25. The summed E-state index contributed by atoms with van der Waals surface area (Å²) in [6.07, 6.45) is 0. The van der Waals surface area contributed by atoms with Gasteiger partial charge in [-0.25, -0.2) is 8.42 Å². The van der Waals surface area contributed by atoms with Crippen molar-refractivity contribution in [3.8, 4) is 0 Å². The first-order valence-electron chi connectivity index (χ1n) is 9.76. The van der Waals surface area contributed by atoms with E-state index in [2.05, 4.69) is 5.32 Å². The molecule has 0 bridgehead atoms. The number of para-hydroxylation sites is 1. The molecule has 3 rings (SSSR count). The summed E-state index contributed by atoms with van der Waals surface area (Å²) in [5.74, 6) is 0.254. The van der Waals surface area contributed by atoms with Crippen molar-refractivity contribution in [2.24, 2.45) is 0 Å². The third-order valence-electron chi connectivity index (χ3n) is 4.58. The maximum atomic E-state index is 13.4. The molecule has 0 atom stereocenters. The van der Waals surface area contributed by atoms with Gasteiger partial charge in [-0.15, -0.1) is 11.8 Å². The second-order valence-corrected chi connectivity index (χ2v) is 10.8. The van der Waals surface area contributed by atoms with Crippen LogP contribution in [-0.2, 0) is 14.8 Å². The zero-order chi connectivity index (χ0) is 23.1. The summed E-state index contributed by atoms with van der Waals surface area (Å²) >= 11 is 13.4. The van der Waals surface area contributed by atoms with E-state index in [1.165, 1.54) is 24.3 Å². The highest BCUT2D eigenvalue weighted by atomic mass is 35.5. The van der Waals surface area contributed by atoms with Crippen LogP contribution in [0.4, 0.5) is 5.69 Å². The summed E-state index contributed by atoms with van der Waals surface area (Å²) in [5.41, 5.74) is 1.20. The molecule has 0 aliphatic heterocycles. The Kier molecular flexibility index (Phi) is 8.48. The number of anilines is 1. The van der Waals surface area contributed by atoms with Gasteiger partial charge in [0.05, 0.1) is 10.6 Å². The minimum Gasteiger partial charge on any atom is -0.354 e. The number of thioether (sulfide) groups is 1. The highest BCUT2D eigenvalue weighted by molar-refractivity contribution is 7.99. The maximum absolute atomic E-state index is 13.4. The average Bonchev–Trinajstić information content (AvgIpc) is 2.77. The standard InChI is InChI=1S/C23H22Cl2N2O3S2/c1-17-4-2-3-5-22(17)27(32(29,30)21-12-8-19(25)9-13-21)16-23(28)26-14-15-31-20-10-6-18(24)7-11-20/h2-13H,14-16H2,1H3,(H,26,28). The number of aryl methyl sites for hydroxylation is 1. The number of sulfonamides is 1. The van der Waals surface area contributed by atoms with Crippen LogP contribution < -0.4 is 9.62 Å². The molecule has 3 aromatic carbocycles. The average molecular weight is 509 g/mol. The van der Waals surface area contributed by atoms with E-state index in [4.69, 9.17) is 23.2 Å². The van der Waals surface area contributed by atoms with Crippen molar-refractivity contribution in [2.75, 3.05) is 23.1 Å². The quantitative estimate of drug-likeness (QED) is 0.310. The molecule has 0 spiro atoms. The number of halogens is 2. The fourth-order valence-electron chi connectivity index (χ4n) is 2.95. The van der Waals surface area contributed by atoms with Crippen molar-refractivity contribution in [3.05, 3.63) is 88.4 Å². The fraction of sp³-hybridized carbons (Fsp3) is 0.174. The number of nitrogens with zero attached hydrogens (tertiary/aromatic N) is 1. The summed E-state index contributed by atoms with van der Waals surface area (Å²) in [7, 11) is -3.97. The molecular formula is C23H22Cl2N2O3S2. The van der Waals surface area contributed by atoms with Crippen molar-refractivity contribution in [3.63, 3.8) is 0 Å². The molecule has 0 fully saturated rings. The van der Waals surface area contributed by atoms with Gasteiger partial charge in [-0.3, -0.25) is 9.10 Å². The van der Waals surface area contributed by atoms with E-state index in [1.807, 2.05) is 30.3 Å². The number of hydrogen-bond donors (Lipinski definition) is 1. The molecule has 32 heavy (non-hydrogen) atoms. The van der Waals surface area contributed by atoms with Crippen LogP contribution in [0.25, 0.3) is 0 Å². The second-order valence-electron chi connectivity index (χ2n) is 6.90. The molecule has 0 aliphatic rings. The first-order chi connectivity index (χ1) is 15.3. The van der Waals surface area contributed by atoms with Gasteiger partial charge in [-0.1, -0.05) is 41.4 Å². The van der Waals surface area contributed by atoms with Crippen molar-refractivity contribution < 1.29 is 13.2 Å². The van der Waals surface area contributed by atoms with Crippen LogP contribution in [0.15, 0.2) is 82.6 Å². The zero-order valence-electron chi connectivity index (χ0n) is 17.3. The smallest absolute Gasteiger partial charge is 0.264 e. The Morgan fingerprint density at radius 3 is 2.16 bits per heavy atom. The molecule has 0 heterocycles. The molecule has 1 amide bonds. The molecule has 0 unspecified atom stereocenters. The van der Waals surface area contributed by atoms with Crippen LogP contribution in [0.3, 0.4) is 0 Å². The van der Waals surface area contributed by atoms with Gasteiger partial charge in [0.15, 0.2) is 0 Å². The van der Waals surface area contributed by atoms with Crippen molar-refractivity contribution >= 4 is 56.6 Å². The number of rotatable bonds is 9. The lowest BCUT2D eigenvalue weighted by atomic mass is 10.2. The van der Waals surface area contributed by atoms with Crippen LogP contribution in [0.1, 0.15) is 5.56 Å². The Labute approximate surface area is 202 Å². The van der Waals surface area contributed by atoms with Crippen LogP contribution >= 0.6 is 35.0 Å². The normalized spacial score (nSPS) is 11.2. The van der Waals surface area contributed by atoms with Gasteiger partial charge in [0.1, 0.15) is 6.54 Å². The van der Waals surface area contributed by atoms with Crippen molar-refractivity contribution in [1.29, 1.82) is 0 Å². The van der Waals surface area contributed by atoms with Gasteiger partial charge >= 0.3 is 0 Å². The molecule has 0 saturated heterocycles. The minimum absolute atomic E-state index is 0.0660. The number of carbonyl (C=O) groups excluding carboxylic acids is 1. The number of amides is 1. The van der Waals surface area contributed by atoms with Crippen molar-refractivity contribution in [2.45, 2.75) is 16.7 Å². The predicted molar refractivity (Wildman–Crippen MR) is 132 cm³/mol. The first-order valence-corrected chi connectivity index (χ1v) is 12.9. The molecule has 5 nitrogen and oxygen atoms in total. The largest absolute Gasteiger partial charge is 0.354 e. The molecular weight excluding hydrogens is 487 g/mol. The Morgan fingerprint density at radius 1 is 0.938 bits per heavy atom. The Morgan fingerprint density at radius 2 is 1.53 bits per heavy atom. The van der Waals surface area contributed by atoms with Gasteiger partial charge in [0, 0.05) is 27.2 Å². The van der Waals surface area contributed by atoms with E-state index in [0.717, 1.165) is 14.8 Å². The predicted octanol–water partition coefficient (Wildman–Crippen LogP) is 5.41. The van der Waals surface area contributed by atoms with Gasteiger partial charge in [0.2, 0.25) is 5.91 Å². The van der Waals surface area contributed by atoms with Crippen LogP contribution in [0, 0.1) is 6.92 Å². The van der Waals surface area contributed by atoms with Gasteiger partial charge in [-0.2, -0.15) is 0 Å². The summed E-state index contributed by atoms with van der Waals surface area (Å²) in [6, 6.07) is 20.4. The first kappa shape index (κ1) is 24.5. The number of carbonyl (C=O) groups is 1. The van der Waals surface area contributed by atoms with E-state index in [-0.39, 0.29) is 17.3 Å². The molecule has 0 aliphatic carbocycles. The SMILES string of the molecule is Cc1ccccc1N(CC(=O)NCCSc1ccc(Cl)cc1)S(=O)(=O)c1ccc(Cl)cc1. The van der Waals surface area contributed by atoms with Gasteiger partial charge in [0.25, 0.3) is 10.0 Å². The molecule has 0 saturated carbocycles.